The van der Waals surface area contributed by atoms with Crippen LogP contribution < -0.4 is 0 Å². The Morgan fingerprint density at radius 2 is 1.41 bits per heavy atom. The fourth-order valence-electron chi connectivity index (χ4n) is 3.26. The number of alkyl halides is 3. The second-order valence-electron chi connectivity index (χ2n) is 6.56. The summed E-state index contributed by atoms with van der Waals surface area (Å²) < 4.78 is 54.1. The molecule has 3 aromatic carbocycles. The molecule has 0 radical (unpaired) electrons. The van der Waals surface area contributed by atoms with E-state index in [-0.39, 0.29) is 11.3 Å². The molecule has 1 fully saturated rings. The van der Waals surface area contributed by atoms with Crippen LogP contribution in [0.5, 0.6) is 0 Å². The summed E-state index contributed by atoms with van der Waals surface area (Å²) in [5, 5.41) is 0.297. The van der Waals surface area contributed by atoms with Crippen LogP contribution in [0.1, 0.15) is 22.8 Å². The molecule has 0 bridgehead atoms. The van der Waals surface area contributed by atoms with Crippen LogP contribution in [-0.2, 0) is 15.3 Å². The molecule has 1 saturated heterocycles. The minimum absolute atomic E-state index is 0.0329. The first-order valence-corrected chi connectivity index (χ1v) is 9.29. The molecule has 1 heterocycles. The fraction of sp³-hybridized carbons (Fsp3) is 0.130. The highest BCUT2D eigenvalue weighted by molar-refractivity contribution is 6.31. The van der Waals surface area contributed by atoms with E-state index in [2.05, 4.69) is 0 Å². The summed E-state index contributed by atoms with van der Waals surface area (Å²) in [6.07, 6.45) is -4.39. The second kappa shape index (κ2) is 7.58. The maximum atomic E-state index is 14.3. The van der Waals surface area contributed by atoms with Gasteiger partial charge in [0.05, 0.1) is 0 Å². The lowest BCUT2D eigenvalue weighted by atomic mass is 10.0. The number of halogens is 4. The van der Waals surface area contributed by atoms with E-state index in [1.165, 1.54) is 24.3 Å². The average Bonchev–Trinajstić information content (AvgIpc) is 3.10. The smallest absolute Gasteiger partial charge is 0.451 e. The van der Waals surface area contributed by atoms with Crippen molar-refractivity contribution in [2.24, 2.45) is 0 Å². The molecule has 0 amide bonds. The lowest BCUT2D eigenvalue weighted by molar-refractivity contribution is -0.354. The average molecular weight is 417 g/mol. The zero-order valence-electron chi connectivity index (χ0n) is 15.1. The van der Waals surface area contributed by atoms with Gasteiger partial charge in [-0.1, -0.05) is 90.5 Å². The molecule has 0 spiro atoms. The van der Waals surface area contributed by atoms with E-state index in [1.807, 2.05) is 6.07 Å². The molecule has 3 aromatic rings. The SMILES string of the molecule is FC(F)(F)C1(c2ccccc2)O/C(=C\c2ccccc2)C(c2ccccc2Cl)O1. The summed E-state index contributed by atoms with van der Waals surface area (Å²) in [5.74, 6) is -2.90. The third-order valence-electron chi connectivity index (χ3n) is 4.63. The van der Waals surface area contributed by atoms with Gasteiger partial charge in [-0.15, -0.1) is 0 Å². The Morgan fingerprint density at radius 3 is 2.03 bits per heavy atom. The molecule has 0 N–H and O–H groups in total. The molecule has 29 heavy (non-hydrogen) atoms. The van der Waals surface area contributed by atoms with Crippen LogP contribution in [0, 0.1) is 0 Å². The van der Waals surface area contributed by atoms with Crippen molar-refractivity contribution < 1.29 is 22.6 Å². The Labute approximate surface area is 171 Å². The van der Waals surface area contributed by atoms with Crippen molar-refractivity contribution in [2.45, 2.75) is 18.1 Å². The van der Waals surface area contributed by atoms with Gasteiger partial charge in [-0.25, -0.2) is 0 Å². The molecule has 2 unspecified atom stereocenters. The summed E-state index contributed by atoms with van der Waals surface area (Å²) in [5.41, 5.74) is 0.952. The monoisotopic (exact) mass is 416 g/mol. The van der Waals surface area contributed by atoms with E-state index in [1.54, 1.807) is 60.7 Å². The lowest BCUT2D eigenvalue weighted by Gasteiger charge is -2.30. The van der Waals surface area contributed by atoms with E-state index in [9.17, 15) is 13.2 Å². The van der Waals surface area contributed by atoms with Crippen molar-refractivity contribution in [2.75, 3.05) is 0 Å². The Bertz CT molecular complexity index is 1020. The number of rotatable bonds is 3. The minimum atomic E-state index is -4.82. The highest BCUT2D eigenvalue weighted by atomic mass is 35.5. The molecule has 0 aromatic heterocycles. The van der Waals surface area contributed by atoms with Crippen molar-refractivity contribution in [3.63, 3.8) is 0 Å². The Balaban J connectivity index is 1.89. The van der Waals surface area contributed by atoms with Gasteiger partial charge in [0.25, 0.3) is 0 Å². The summed E-state index contributed by atoms with van der Waals surface area (Å²) in [6.45, 7) is 0. The van der Waals surface area contributed by atoms with Crippen LogP contribution in [0.25, 0.3) is 6.08 Å². The molecule has 2 atom stereocenters. The number of hydrogen-bond donors (Lipinski definition) is 0. The summed E-state index contributed by atoms with van der Waals surface area (Å²) >= 11 is 6.28. The number of benzene rings is 3. The molecule has 0 aliphatic carbocycles. The number of hydrogen-bond acceptors (Lipinski definition) is 2. The maximum Gasteiger partial charge on any atom is 0.460 e. The van der Waals surface area contributed by atoms with Crippen LogP contribution in [0.4, 0.5) is 13.2 Å². The quantitative estimate of drug-likeness (QED) is 0.463. The first kappa shape index (κ1) is 19.6. The van der Waals surface area contributed by atoms with Gasteiger partial charge < -0.3 is 9.47 Å². The van der Waals surface area contributed by atoms with Gasteiger partial charge in [-0.05, 0) is 17.7 Å². The lowest BCUT2D eigenvalue weighted by Crippen LogP contribution is -2.43. The van der Waals surface area contributed by atoms with E-state index in [4.69, 9.17) is 21.1 Å². The molecule has 148 valence electrons. The van der Waals surface area contributed by atoms with Crippen LogP contribution in [-0.4, -0.2) is 6.18 Å². The van der Waals surface area contributed by atoms with Crippen molar-refractivity contribution >= 4 is 17.7 Å². The van der Waals surface area contributed by atoms with E-state index < -0.39 is 18.1 Å². The molecule has 4 rings (SSSR count). The van der Waals surface area contributed by atoms with Gasteiger partial charge in [0.15, 0.2) is 0 Å². The largest absolute Gasteiger partial charge is 0.460 e. The normalized spacial score (nSPS) is 23.2. The summed E-state index contributed by atoms with van der Waals surface area (Å²) in [4.78, 5) is 0. The molecular formula is C23H16ClF3O2. The van der Waals surface area contributed by atoms with Crippen molar-refractivity contribution in [1.29, 1.82) is 0 Å². The van der Waals surface area contributed by atoms with Gasteiger partial charge >= 0.3 is 12.0 Å². The first-order chi connectivity index (χ1) is 13.9. The van der Waals surface area contributed by atoms with E-state index in [0.717, 1.165) is 0 Å². The van der Waals surface area contributed by atoms with Crippen molar-refractivity contribution in [3.05, 3.63) is 112 Å². The maximum absolute atomic E-state index is 14.3. The van der Waals surface area contributed by atoms with E-state index >= 15 is 0 Å². The molecular weight excluding hydrogens is 401 g/mol. The van der Waals surface area contributed by atoms with Gasteiger partial charge in [0, 0.05) is 16.1 Å². The van der Waals surface area contributed by atoms with Gasteiger partial charge in [-0.3, -0.25) is 0 Å². The number of ether oxygens (including phenoxy) is 2. The molecule has 0 saturated carbocycles. The highest BCUT2D eigenvalue weighted by Gasteiger charge is 2.66. The topological polar surface area (TPSA) is 18.5 Å². The Hall–Kier alpha value is -2.76. The summed E-state index contributed by atoms with van der Waals surface area (Å²) in [6, 6.07) is 22.9. The third kappa shape index (κ3) is 3.63. The van der Waals surface area contributed by atoms with Crippen LogP contribution in [0.15, 0.2) is 90.7 Å². The van der Waals surface area contributed by atoms with Gasteiger partial charge in [0.2, 0.25) is 0 Å². The second-order valence-corrected chi connectivity index (χ2v) is 6.97. The van der Waals surface area contributed by atoms with Crippen LogP contribution in [0.3, 0.4) is 0 Å². The fourth-order valence-corrected chi connectivity index (χ4v) is 3.50. The predicted molar refractivity (Wildman–Crippen MR) is 105 cm³/mol. The van der Waals surface area contributed by atoms with Crippen molar-refractivity contribution in [3.8, 4) is 0 Å². The van der Waals surface area contributed by atoms with Crippen molar-refractivity contribution in [1.82, 2.24) is 0 Å². The highest BCUT2D eigenvalue weighted by Crippen LogP contribution is 2.55. The van der Waals surface area contributed by atoms with Crippen LogP contribution in [0.2, 0.25) is 5.02 Å². The van der Waals surface area contributed by atoms with E-state index in [0.29, 0.717) is 16.1 Å². The standard InChI is InChI=1S/C23H16ClF3O2/c24-19-14-8-7-13-18(19)21-20(15-16-9-3-1-4-10-16)28-22(29-21,23(25,26)27)17-11-5-2-6-12-17/h1-15,21H/b20-15-. The first-order valence-electron chi connectivity index (χ1n) is 8.91. The third-order valence-corrected chi connectivity index (χ3v) is 4.97. The minimum Gasteiger partial charge on any atom is -0.451 e. The molecule has 1 aliphatic rings. The Kier molecular flexibility index (Phi) is 5.11. The summed E-state index contributed by atoms with van der Waals surface area (Å²) in [7, 11) is 0. The zero-order valence-corrected chi connectivity index (χ0v) is 15.8. The molecule has 1 aliphatic heterocycles. The van der Waals surface area contributed by atoms with Crippen LogP contribution >= 0.6 is 11.6 Å². The Morgan fingerprint density at radius 1 is 0.828 bits per heavy atom. The zero-order chi connectivity index (χ0) is 20.5. The van der Waals surface area contributed by atoms with Gasteiger partial charge in [0.1, 0.15) is 11.9 Å². The molecule has 2 nitrogen and oxygen atoms in total. The predicted octanol–water partition coefficient (Wildman–Crippen LogP) is 6.88. The van der Waals surface area contributed by atoms with Gasteiger partial charge in [-0.2, -0.15) is 13.2 Å². The molecule has 6 heteroatoms.